The average Bonchev–Trinajstić information content (AvgIpc) is 2.78. The molecule has 2 aromatic carbocycles. The number of cyclic esters (lactones) is 1. The Labute approximate surface area is 193 Å². The molecule has 2 heterocycles. The quantitative estimate of drug-likeness (QED) is 0.469. The minimum Gasteiger partial charge on any atom is -0.507 e. The lowest BCUT2D eigenvalue weighted by Crippen LogP contribution is -2.23. The summed E-state index contributed by atoms with van der Waals surface area (Å²) in [5.74, 6) is -1.21. The number of phenolic OH excluding ortho intramolecular Hbond substituents is 1. The Kier molecular flexibility index (Phi) is 6.92. The second kappa shape index (κ2) is 10.0. The van der Waals surface area contributed by atoms with E-state index in [2.05, 4.69) is 0 Å². The first kappa shape index (κ1) is 22.8. The van der Waals surface area contributed by atoms with Crippen LogP contribution in [0.5, 0.6) is 11.5 Å². The van der Waals surface area contributed by atoms with Gasteiger partial charge in [0.2, 0.25) is 0 Å². The molecule has 1 N–H and O–H groups in total. The molecule has 2 aliphatic heterocycles. The first-order valence-corrected chi connectivity index (χ1v) is 11.5. The van der Waals surface area contributed by atoms with Crippen molar-refractivity contribution >= 4 is 23.8 Å². The lowest BCUT2D eigenvalue weighted by atomic mass is 9.83. The summed E-state index contributed by atoms with van der Waals surface area (Å²) in [7, 11) is 0. The molecule has 33 heavy (non-hydrogen) atoms. The second-order valence-corrected chi connectivity index (χ2v) is 8.68. The molecule has 4 rings (SSSR count). The summed E-state index contributed by atoms with van der Waals surface area (Å²) in [4.78, 5) is 37.5. The van der Waals surface area contributed by atoms with Gasteiger partial charge in [0.05, 0.1) is 12.5 Å². The summed E-state index contributed by atoms with van der Waals surface area (Å²) < 4.78 is 11.1. The zero-order valence-corrected chi connectivity index (χ0v) is 18.7. The van der Waals surface area contributed by atoms with Crippen LogP contribution in [0.1, 0.15) is 84.8 Å². The van der Waals surface area contributed by atoms with Crippen LogP contribution >= 0.6 is 0 Å². The second-order valence-electron chi connectivity index (χ2n) is 8.68. The van der Waals surface area contributed by atoms with Gasteiger partial charge in [-0.25, -0.2) is 4.79 Å². The normalized spacial score (nSPS) is 21.9. The molecule has 2 aromatic rings. The highest BCUT2D eigenvalue weighted by atomic mass is 16.5. The number of rotatable bonds is 1. The minimum absolute atomic E-state index is 0.0681. The van der Waals surface area contributed by atoms with Gasteiger partial charge in [-0.05, 0) is 49.8 Å². The van der Waals surface area contributed by atoms with E-state index >= 15 is 0 Å². The van der Waals surface area contributed by atoms with Gasteiger partial charge in [0, 0.05) is 24.3 Å². The highest BCUT2D eigenvalue weighted by Gasteiger charge is 2.35. The van der Waals surface area contributed by atoms with E-state index in [4.69, 9.17) is 9.47 Å². The maximum atomic E-state index is 13.2. The van der Waals surface area contributed by atoms with Crippen LogP contribution in [0, 0.1) is 0 Å². The molecule has 2 atom stereocenters. The van der Waals surface area contributed by atoms with Crippen molar-refractivity contribution in [2.24, 2.45) is 0 Å². The van der Waals surface area contributed by atoms with Crippen LogP contribution in [-0.2, 0) is 14.3 Å². The molecule has 0 aliphatic carbocycles. The smallest absolute Gasteiger partial charge is 0.342 e. The average molecular weight is 449 g/mol. The van der Waals surface area contributed by atoms with E-state index in [1.165, 1.54) is 0 Å². The molecule has 1 unspecified atom stereocenters. The molecule has 0 spiro atoms. The third kappa shape index (κ3) is 5.16. The molecular formula is C27H28O6. The van der Waals surface area contributed by atoms with Crippen molar-refractivity contribution in [2.75, 3.05) is 0 Å². The van der Waals surface area contributed by atoms with Crippen molar-refractivity contribution in [3.05, 3.63) is 64.7 Å². The number of ketones is 1. The van der Waals surface area contributed by atoms with Gasteiger partial charge in [-0.3, -0.25) is 9.59 Å². The van der Waals surface area contributed by atoms with Crippen LogP contribution in [0.2, 0.25) is 0 Å². The van der Waals surface area contributed by atoms with Gasteiger partial charge in [0.1, 0.15) is 22.8 Å². The number of hydrogen-bond acceptors (Lipinski definition) is 6. The van der Waals surface area contributed by atoms with Crippen molar-refractivity contribution in [1.29, 1.82) is 0 Å². The molecule has 0 aromatic heterocycles. The summed E-state index contributed by atoms with van der Waals surface area (Å²) in [5.41, 5.74) is 1.77. The Morgan fingerprint density at radius 3 is 2.58 bits per heavy atom. The zero-order valence-electron chi connectivity index (χ0n) is 18.7. The first-order valence-electron chi connectivity index (χ1n) is 11.5. The fourth-order valence-electron chi connectivity index (χ4n) is 4.49. The van der Waals surface area contributed by atoms with Crippen LogP contribution in [0.3, 0.4) is 0 Å². The Hall–Kier alpha value is -3.41. The van der Waals surface area contributed by atoms with Crippen LogP contribution in [0.25, 0.3) is 6.08 Å². The lowest BCUT2D eigenvalue weighted by Gasteiger charge is -2.27. The molecule has 6 heteroatoms. The predicted octanol–water partition coefficient (Wildman–Crippen LogP) is 5.32. The maximum Gasteiger partial charge on any atom is 0.342 e. The lowest BCUT2D eigenvalue weighted by molar-refractivity contribution is -0.135. The van der Waals surface area contributed by atoms with Gasteiger partial charge in [-0.1, -0.05) is 42.5 Å². The van der Waals surface area contributed by atoms with E-state index < -0.39 is 24.0 Å². The number of allylic oxidation sites excluding steroid dienone is 1. The molecular weight excluding hydrogens is 420 g/mol. The van der Waals surface area contributed by atoms with Crippen molar-refractivity contribution in [3.8, 4) is 11.5 Å². The van der Waals surface area contributed by atoms with Gasteiger partial charge in [0.25, 0.3) is 0 Å². The number of hydrogen-bond donors (Lipinski definition) is 1. The van der Waals surface area contributed by atoms with E-state index in [1.807, 2.05) is 36.4 Å². The number of aromatic hydroxyl groups is 1. The van der Waals surface area contributed by atoms with Crippen molar-refractivity contribution in [1.82, 2.24) is 0 Å². The van der Waals surface area contributed by atoms with Gasteiger partial charge < -0.3 is 14.6 Å². The molecule has 0 saturated heterocycles. The summed E-state index contributed by atoms with van der Waals surface area (Å²) in [6, 6.07) is 11.0. The molecule has 2 aliphatic rings. The molecule has 0 saturated carbocycles. The summed E-state index contributed by atoms with van der Waals surface area (Å²) in [6.45, 7) is 1.79. The van der Waals surface area contributed by atoms with Crippen molar-refractivity contribution in [2.45, 2.75) is 63.9 Å². The highest BCUT2D eigenvalue weighted by Crippen LogP contribution is 2.47. The Balaban J connectivity index is 1.80. The number of ether oxygens (including phenoxy) is 2. The summed E-state index contributed by atoms with van der Waals surface area (Å²) >= 11 is 0. The van der Waals surface area contributed by atoms with Crippen LogP contribution in [-0.4, -0.2) is 28.9 Å². The van der Waals surface area contributed by atoms with Gasteiger partial charge >= 0.3 is 11.9 Å². The number of carbonyl (C=O) groups excluding carboxylic acids is 3. The van der Waals surface area contributed by atoms with Gasteiger partial charge in [-0.15, -0.1) is 0 Å². The fraction of sp³-hybridized carbons (Fsp3) is 0.370. The third-order valence-corrected chi connectivity index (χ3v) is 6.18. The summed E-state index contributed by atoms with van der Waals surface area (Å²) in [5, 5.41) is 11.3. The van der Waals surface area contributed by atoms with Crippen LogP contribution in [0.15, 0.2) is 42.5 Å². The monoisotopic (exact) mass is 448 g/mol. The SMILES string of the molecule is C[C@H]1CCCC(=O)CCCC=Cc2cc3c(c(O)c2C(=O)O1)C(c1ccccc1)CC(=O)O3. The van der Waals surface area contributed by atoms with E-state index in [-0.39, 0.29) is 29.3 Å². The van der Waals surface area contributed by atoms with E-state index in [0.717, 1.165) is 5.56 Å². The Morgan fingerprint density at radius 2 is 1.79 bits per heavy atom. The Bertz CT molecular complexity index is 1090. The minimum atomic E-state index is -0.630. The molecule has 6 nitrogen and oxygen atoms in total. The molecule has 0 radical (unpaired) electrons. The Morgan fingerprint density at radius 1 is 1.03 bits per heavy atom. The standard InChI is InChI=1S/C27H28O6/c1-17-9-8-14-20(28)13-7-3-6-12-19-15-22-25(26(30)24(19)27(31)32-17)21(16-23(29)33-22)18-10-4-2-5-11-18/h2,4-6,10-12,15,17,21,30H,3,7-9,13-14,16H2,1H3/t17-,21?/m0/s1. The van der Waals surface area contributed by atoms with Gasteiger partial charge in [0.15, 0.2) is 0 Å². The molecule has 0 fully saturated rings. The number of fused-ring (bicyclic) bond motifs is 2. The van der Waals surface area contributed by atoms with Crippen LogP contribution < -0.4 is 4.74 Å². The number of benzene rings is 2. The van der Waals surface area contributed by atoms with E-state index in [0.29, 0.717) is 49.7 Å². The topological polar surface area (TPSA) is 89.9 Å². The highest BCUT2D eigenvalue weighted by molar-refractivity contribution is 5.98. The number of phenols is 1. The van der Waals surface area contributed by atoms with E-state index in [1.54, 1.807) is 19.1 Å². The zero-order chi connectivity index (χ0) is 23.4. The summed E-state index contributed by atoms with van der Waals surface area (Å²) in [6.07, 6.45) is 6.82. The maximum absolute atomic E-state index is 13.2. The van der Waals surface area contributed by atoms with E-state index in [9.17, 15) is 19.5 Å². The molecule has 0 bridgehead atoms. The first-order chi connectivity index (χ1) is 15.9. The predicted molar refractivity (Wildman–Crippen MR) is 123 cm³/mol. The van der Waals surface area contributed by atoms with Crippen LogP contribution in [0.4, 0.5) is 0 Å². The largest absolute Gasteiger partial charge is 0.507 e. The van der Waals surface area contributed by atoms with Crippen molar-refractivity contribution < 1.29 is 29.0 Å². The number of Topliss-reactive ketones (excluding diaryl/α,β-unsaturated/α-hetero) is 1. The number of carbonyl (C=O) groups is 3. The fourth-order valence-corrected chi connectivity index (χ4v) is 4.49. The molecule has 172 valence electrons. The van der Waals surface area contributed by atoms with Crippen molar-refractivity contribution in [3.63, 3.8) is 0 Å². The van der Waals surface area contributed by atoms with Gasteiger partial charge in [-0.2, -0.15) is 0 Å². The molecule has 0 amide bonds. The number of esters is 2. The third-order valence-electron chi connectivity index (χ3n) is 6.18.